The largest absolute Gasteiger partial charge is 1.00 e. The quantitative estimate of drug-likeness (QED) is 0.316. The van der Waals surface area contributed by atoms with Crippen LogP contribution in [-0.2, 0) is 0 Å². The van der Waals surface area contributed by atoms with E-state index in [4.69, 9.17) is 4.74 Å². The summed E-state index contributed by atoms with van der Waals surface area (Å²) in [7, 11) is 1.41. The van der Waals surface area contributed by atoms with Crippen molar-refractivity contribution in [2.24, 2.45) is 0 Å². The fourth-order valence-electron chi connectivity index (χ4n) is 0.781. The first kappa shape index (κ1) is 11.4. The van der Waals surface area contributed by atoms with Gasteiger partial charge in [-0.2, -0.15) is 0 Å². The van der Waals surface area contributed by atoms with Crippen molar-refractivity contribution < 1.29 is 39.2 Å². The van der Waals surface area contributed by atoms with Gasteiger partial charge in [0.05, 0.1) is 12.0 Å². The first-order valence-corrected chi connectivity index (χ1v) is 3.03. The van der Waals surface area contributed by atoms with E-state index in [2.05, 4.69) is 0 Å². The van der Waals surface area contributed by atoms with Gasteiger partial charge in [-0.15, -0.1) is 0 Å². The minimum Gasteiger partial charge on any atom is -0.490 e. The van der Waals surface area contributed by atoms with Crippen molar-refractivity contribution in [3.05, 3.63) is 34.4 Å². The van der Waals surface area contributed by atoms with Crippen molar-refractivity contribution >= 4 is 5.69 Å². The summed E-state index contributed by atoms with van der Waals surface area (Å²) >= 11 is 0. The Bertz CT molecular complexity index is 277. The summed E-state index contributed by atoms with van der Waals surface area (Å²) < 4.78 is 4.76. The number of hydrogen-bond donors (Lipinski definition) is 0. The second kappa shape index (κ2) is 5.13. The second-order valence-electron chi connectivity index (χ2n) is 1.93. The normalized spacial score (nSPS) is 8.42. The number of methoxy groups -OCH3 is 1. The molecule has 0 aliphatic carbocycles. The van der Waals surface area contributed by atoms with Crippen molar-refractivity contribution in [3.63, 3.8) is 0 Å². The van der Waals surface area contributed by atoms with E-state index in [1.165, 1.54) is 13.2 Å². The molecule has 0 radical (unpaired) electrons. The van der Waals surface area contributed by atoms with E-state index in [0.717, 1.165) is 0 Å². The second-order valence-corrected chi connectivity index (χ2v) is 1.93. The molecule has 0 fully saturated rings. The Morgan fingerprint density at radius 1 is 1.42 bits per heavy atom. The van der Waals surface area contributed by atoms with Gasteiger partial charge < -0.3 is 4.74 Å². The monoisotopic (exact) mass is 176 g/mol. The van der Waals surface area contributed by atoms with Crippen LogP contribution in [0.2, 0.25) is 0 Å². The fourth-order valence-corrected chi connectivity index (χ4v) is 0.781. The standard InChI is InChI=1S/C7H7NO3.Na/c1-11-7-5-3-2-4-6(7)8(9)10;/h2-5H,1H3;/q;+1. The Morgan fingerprint density at radius 2 is 2.00 bits per heavy atom. The predicted octanol–water partition coefficient (Wildman–Crippen LogP) is -1.39. The summed E-state index contributed by atoms with van der Waals surface area (Å²) in [5, 5.41) is 10.3. The Labute approximate surface area is 92.0 Å². The zero-order valence-corrected chi connectivity index (χ0v) is 8.98. The zero-order chi connectivity index (χ0) is 8.27. The van der Waals surface area contributed by atoms with Gasteiger partial charge in [0, 0.05) is 6.07 Å². The van der Waals surface area contributed by atoms with E-state index >= 15 is 0 Å². The Morgan fingerprint density at radius 3 is 2.42 bits per heavy atom. The number of rotatable bonds is 2. The number of para-hydroxylation sites is 2. The van der Waals surface area contributed by atoms with E-state index in [1.807, 2.05) is 0 Å². The maximum atomic E-state index is 10.3. The Hall–Kier alpha value is -0.580. The summed E-state index contributed by atoms with van der Waals surface area (Å²) in [5.41, 5.74) is -0.00463. The van der Waals surface area contributed by atoms with Crippen molar-refractivity contribution in [2.75, 3.05) is 7.11 Å². The summed E-state index contributed by atoms with van der Waals surface area (Å²) in [6.07, 6.45) is 0. The summed E-state index contributed by atoms with van der Waals surface area (Å²) in [5.74, 6) is 0.289. The smallest absolute Gasteiger partial charge is 0.490 e. The third-order valence-electron chi connectivity index (χ3n) is 1.28. The summed E-state index contributed by atoms with van der Waals surface area (Å²) in [6.45, 7) is 0. The van der Waals surface area contributed by atoms with Gasteiger partial charge in [0.1, 0.15) is 0 Å². The van der Waals surface area contributed by atoms with Gasteiger partial charge >= 0.3 is 35.2 Å². The molecule has 0 saturated heterocycles. The maximum absolute atomic E-state index is 10.3. The van der Waals surface area contributed by atoms with Crippen LogP contribution in [0, 0.1) is 10.1 Å². The minimum absolute atomic E-state index is 0. The van der Waals surface area contributed by atoms with Gasteiger partial charge in [0.25, 0.3) is 0 Å². The van der Waals surface area contributed by atoms with Crippen LogP contribution in [0.4, 0.5) is 5.69 Å². The molecular formula is C7H7NNaO3+. The molecule has 5 heteroatoms. The number of nitrogens with zero attached hydrogens (tertiary/aromatic N) is 1. The molecule has 0 bridgehead atoms. The molecule has 0 aromatic heterocycles. The molecule has 0 aliphatic rings. The number of benzene rings is 1. The first-order valence-electron chi connectivity index (χ1n) is 3.03. The molecule has 0 saturated carbocycles. The van der Waals surface area contributed by atoms with Gasteiger partial charge in [-0.3, -0.25) is 10.1 Å². The molecule has 0 amide bonds. The van der Waals surface area contributed by atoms with Gasteiger partial charge in [-0.1, -0.05) is 12.1 Å². The van der Waals surface area contributed by atoms with E-state index in [0.29, 0.717) is 0 Å². The van der Waals surface area contributed by atoms with Gasteiger partial charge in [0.2, 0.25) is 0 Å². The number of nitro groups is 1. The van der Waals surface area contributed by atoms with Crippen LogP contribution in [0.1, 0.15) is 0 Å². The number of nitro benzene ring substituents is 1. The SMILES string of the molecule is COc1ccccc1[N+](=O)[O-].[Na+]. The molecule has 0 atom stereocenters. The molecule has 1 aromatic carbocycles. The van der Waals surface area contributed by atoms with Crippen molar-refractivity contribution in [3.8, 4) is 5.75 Å². The molecule has 0 unspecified atom stereocenters. The van der Waals surface area contributed by atoms with E-state index in [-0.39, 0.29) is 41.0 Å². The van der Waals surface area contributed by atoms with E-state index in [1.54, 1.807) is 18.2 Å². The van der Waals surface area contributed by atoms with Crippen LogP contribution in [0.25, 0.3) is 0 Å². The molecule has 1 aromatic rings. The minimum atomic E-state index is -0.473. The van der Waals surface area contributed by atoms with Crippen LogP contribution in [-0.4, -0.2) is 12.0 Å². The van der Waals surface area contributed by atoms with Crippen LogP contribution >= 0.6 is 0 Å². The average Bonchev–Trinajstić information content (AvgIpc) is 2.04. The van der Waals surface area contributed by atoms with Crippen LogP contribution in [0.15, 0.2) is 24.3 Å². The molecule has 0 N–H and O–H groups in total. The van der Waals surface area contributed by atoms with Crippen LogP contribution < -0.4 is 34.3 Å². The topological polar surface area (TPSA) is 52.4 Å². The Balaban J connectivity index is 0.00000121. The predicted molar refractivity (Wildman–Crippen MR) is 39.6 cm³/mol. The van der Waals surface area contributed by atoms with E-state index in [9.17, 15) is 10.1 Å². The van der Waals surface area contributed by atoms with Crippen molar-refractivity contribution in [1.82, 2.24) is 0 Å². The molecule has 0 aliphatic heterocycles. The molecule has 0 spiro atoms. The van der Waals surface area contributed by atoms with Crippen LogP contribution in [0.3, 0.4) is 0 Å². The molecule has 0 heterocycles. The van der Waals surface area contributed by atoms with Gasteiger partial charge in [0.15, 0.2) is 5.75 Å². The molecule has 1 rings (SSSR count). The van der Waals surface area contributed by atoms with Crippen molar-refractivity contribution in [1.29, 1.82) is 0 Å². The molecule has 4 nitrogen and oxygen atoms in total. The maximum Gasteiger partial charge on any atom is 1.00 e. The summed E-state index contributed by atoms with van der Waals surface area (Å²) in [4.78, 5) is 9.83. The fraction of sp³-hybridized carbons (Fsp3) is 0.143. The number of ether oxygens (including phenoxy) is 1. The van der Waals surface area contributed by atoms with Crippen molar-refractivity contribution in [2.45, 2.75) is 0 Å². The third-order valence-corrected chi connectivity index (χ3v) is 1.28. The zero-order valence-electron chi connectivity index (χ0n) is 6.98. The summed E-state index contributed by atoms with van der Waals surface area (Å²) in [6, 6.07) is 6.24. The molecule has 58 valence electrons. The Kier molecular flexibility index (Phi) is 4.89. The third kappa shape index (κ3) is 2.48. The molecule has 12 heavy (non-hydrogen) atoms. The first-order chi connectivity index (χ1) is 5.25. The molecular weight excluding hydrogens is 169 g/mol. The number of hydrogen-bond acceptors (Lipinski definition) is 3. The van der Waals surface area contributed by atoms with Gasteiger partial charge in [-0.25, -0.2) is 0 Å². The van der Waals surface area contributed by atoms with Crippen LogP contribution in [0.5, 0.6) is 5.75 Å². The average molecular weight is 176 g/mol. The van der Waals surface area contributed by atoms with Gasteiger partial charge in [-0.05, 0) is 6.07 Å². The van der Waals surface area contributed by atoms with E-state index < -0.39 is 4.92 Å².